The highest BCUT2D eigenvalue weighted by Gasteiger charge is 2.14. The van der Waals surface area contributed by atoms with Gasteiger partial charge in [0.2, 0.25) is 0 Å². The number of anilines is 3. The van der Waals surface area contributed by atoms with Crippen LogP contribution >= 0.6 is 0 Å². The Bertz CT molecular complexity index is 681. The molecular formula is C19H22FN3O. The van der Waals surface area contributed by atoms with Gasteiger partial charge in [0.05, 0.1) is 5.69 Å². The van der Waals surface area contributed by atoms with Crippen LogP contribution in [0.5, 0.6) is 0 Å². The molecule has 0 bridgehead atoms. The lowest BCUT2D eigenvalue weighted by Gasteiger charge is -2.12. The van der Waals surface area contributed by atoms with E-state index in [1.807, 2.05) is 24.3 Å². The molecule has 24 heavy (non-hydrogen) atoms. The molecule has 1 aliphatic carbocycles. The molecule has 2 aromatic carbocycles. The number of benzene rings is 2. The van der Waals surface area contributed by atoms with Crippen molar-refractivity contribution >= 4 is 23.1 Å². The molecule has 1 aliphatic rings. The van der Waals surface area contributed by atoms with Crippen molar-refractivity contribution < 1.29 is 9.18 Å². The van der Waals surface area contributed by atoms with Crippen molar-refractivity contribution in [2.24, 2.45) is 5.92 Å². The molecule has 1 saturated carbocycles. The molecule has 0 unspecified atom stereocenters. The van der Waals surface area contributed by atoms with Gasteiger partial charge < -0.3 is 16.0 Å². The molecule has 3 N–H and O–H groups in total. The fourth-order valence-corrected chi connectivity index (χ4v) is 3.00. The predicted molar refractivity (Wildman–Crippen MR) is 95.9 cm³/mol. The van der Waals surface area contributed by atoms with Crippen LogP contribution in [0.1, 0.15) is 25.7 Å². The third kappa shape index (κ3) is 4.47. The van der Waals surface area contributed by atoms with E-state index in [2.05, 4.69) is 16.0 Å². The Morgan fingerprint density at radius 3 is 2.33 bits per heavy atom. The first-order chi connectivity index (χ1) is 11.7. The number of halogens is 1. The number of carbonyl (C=O) groups excluding carboxylic acids is 1. The van der Waals surface area contributed by atoms with Crippen molar-refractivity contribution in [3.05, 3.63) is 54.3 Å². The second kappa shape index (κ2) is 7.81. The summed E-state index contributed by atoms with van der Waals surface area (Å²) in [4.78, 5) is 11.9. The first kappa shape index (κ1) is 16.3. The number of hydrogen-bond donors (Lipinski definition) is 3. The Labute approximate surface area is 141 Å². The third-order valence-corrected chi connectivity index (χ3v) is 4.33. The fraction of sp³-hybridized carbons (Fsp3) is 0.316. The zero-order valence-electron chi connectivity index (χ0n) is 13.5. The standard InChI is InChI=1S/C19H22FN3O/c20-17-7-3-4-8-18(17)23-19(24)22-16-11-9-15(10-12-16)21-13-14-5-1-2-6-14/h3-4,7-12,14,21H,1-2,5-6,13H2,(H2,22,23,24). The summed E-state index contributed by atoms with van der Waals surface area (Å²) in [5.74, 6) is 0.313. The molecule has 0 saturated heterocycles. The monoisotopic (exact) mass is 327 g/mol. The Morgan fingerprint density at radius 2 is 1.62 bits per heavy atom. The highest BCUT2D eigenvalue weighted by atomic mass is 19.1. The van der Waals surface area contributed by atoms with E-state index in [1.54, 1.807) is 12.1 Å². The summed E-state index contributed by atoms with van der Waals surface area (Å²) in [6, 6.07) is 13.1. The van der Waals surface area contributed by atoms with E-state index in [4.69, 9.17) is 0 Å². The van der Waals surface area contributed by atoms with Crippen LogP contribution < -0.4 is 16.0 Å². The van der Waals surface area contributed by atoms with E-state index in [9.17, 15) is 9.18 Å². The summed E-state index contributed by atoms with van der Waals surface area (Å²) in [7, 11) is 0. The largest absolute Gasteiger partial charge is 0.385 e. The number of nitrogens with one attached hydrogen (secondary N) is 3. The summed E-state index contributed by atoms with van der Waals surface area (Å²) < 4.78 is 13.5. The Morgan fingerprint density at radius 1 is 0.958 bits per heavy atom. The van der Waals surface area contributed by atoms with Gasteiger partial charge >= 0.3 is 6.03 Å². The summed E-state index contributed by atoms with van der Waals surface area (Å²) in [6.07, 6.45) is 5.30. The van der Waals surface area contributed by atoms with Crippen LogP contribution in [0.3, 0.4) is 0 Å². The number of rotatable bonds is 5. The Balaban J connectivity index is 1.50. The zero-order chi connectivity index (χ0) is 16.8. The topological polar surface area (TPSA) is 53.2 Å². The van der Waals surface area contributed by atoms with Crippen molar-refractivity contribution in [1.29, 1.82) is 0 Å². The second-order valence-electron chi connectivity index (χ2n) is 6.17. The molecule has 0 spiro atoms. The molecule has 0 aliphatic heterocycles. The van der Waals surface area contributed by atoms with Crippen molar-refractivity contribution in [3.63, 3.8) is 0 Å². The number of urea groups is 1. The molecular weight excluding hydrogens is 305 g/mol. The molecule has 4 nitrogen and oxygen atoms in total. The molecule has 2 aromatic rings. The maximum absolute atomic E-state index is 13.5. The van der Waals surface area contributed by atoms with Gasteiger partial charge in [-0.3, -0.25) is 0 Å². The average Bonchev–Trinajstić information content (AvgIpc) is 3.10. The Kier molecular flexibility index (Phi) is 5.31. The molecule has 5 heteroatoms. The first-order valence-corrected chi connectivity index (χ1v) is 8.37. The minimum absolute atomic E-state index is 0.157. The van der Waals surface area contributed by atoms with Crippen LogP contribution in [-0.2, 0) is 0 Å². The van der Waals surface area contributed by atoms with Crippen LogP contribution in [0.4, 0.5) is 26.2 Å². The van der Waals surface area contributed by atoms with Gasteiger partial charge in [-0.15, -0.1) is 0 Å². The number of amides is 2. The SMILES string of the molecule is O=C(Nc1ccc(NCC2CCCC2)cc1)Nc1ccccc1F. The van der Waals surface area contributed by atoms with Crippen molar-refractivity contribution in [2.45, 2.75) is 25.7 Å². The van der Waals surface area contributed by atoms with Crippen molar-refractivity contribution in [2.75, 3.05) is 22.5 Å². The summed E-state index contributed by atoms with van der Waals surface area (Å²) >= 11 is 0. The first-order valence-electron chi connectivity index (χ1n) is 8.37. The second-order valence-corrected chi connectivity index (χ2v) is 6.17. The van der Waals surface area contributed by atoms with Gasteiger partial charge in [0.25, 0.3) is 0 Å². The maximum Gasteiger partial charge on any atom is 0.323 e. The van der Waals surface area contributed by atoms with E-state index in [1.165, 1.54) is 37.8 Å². The molecule has 0 heterocycles. The number of hydrogen-bond acceptors (Lipinski definition) is 2. The van der Waals surface area contributed by atoms with E-state index in [-0.39, 0.29) is 5.69 Å². The van der Waals surface area contributed by atoms with E-state index in [0.717, 1.165) is 18.2 Å². The van der Waals surface area contributed by atoms with Gasteiger partial charge in [0.1, 0.15) is 5.82 Å². The van der Waals surface area contributed by atoms with Crippen LogP contribution in [0.2, 0.25) is 0 Å². The molecule has 0 radical (unpaired) electrons. The minimum atomic E-state index is -0.466. The zero-order valence-corrected chi connectivity index (χ0v) is 13.5. The molecule has 1 fully saturated rings. The smallest absolute Gasteiger partial charge is 0.323 e. The van der Waals surface area contributed by atoms with Crippen LogP contribution in [-0.4, -0.2) is 12.6 Å². The third-order valence-electron chi connectivity index (χ3n) is 4.33. The molecule has 0 aromatic heterocycles. The van der Waals surface area contributed by atoms with E-state index >= 15 is 0 Å². The van der Waals surface area contributed by atoms with Crippen molar-refractivity contribution in [3.8, 4) is 0 Å². The molecule has 126 valence electrons. The predicted octanol–water partition coefficient (Wildman–Crippen LogP) is 5.07. The number of carbonyl (C=O) groups is 1. The molecule has 3 rings (SSSR count). The highest BCUT2D eigenvalue weighted by molar-refractivity contribution is 5.99. The lowest BCUT2D eigenvalue weighted by Crippen LogP contribution is -2.20. The highest BCUT2D eigenvalue weighted by Crippen LogP contribution is 2.25. The Hall–Kier alpha value is -2.56. The van der Waals surface area contributed by atoms with Gasteiger partial charge in [0.15, 0.2) is 0 Å². The van der Waals surface area contributed by atoms with E-state index in [0.29, 0.717) is 5.69 Å². The van der Waals surface area contributed by atoms with Crippen LogP contribution in [0.25, 0.3) is 0 Å². The molecule has 2 amide bonds. The summed E-state index contributed by atoms with van der Waals surface area (Å²) in [6.45, 7) is 1.00. The van der Waals surface area contributed by atoms with Crippen LogP contribution in [0.15, 0.2) is 48.5 Å². The lowest BCUT2D eigenvalue weighted by atomic mass is 10.1. The van der Waals surface area contributed by atoms with Gasteiger partial charge in [0, 0.05) is 17.9 Å². The van der Waals surface area contributed by atoms with Crippen LogP contribution in [0, 0.1) is 11.7 Å². The average molecular weight is 327 g/mol. The lowest BCUT2D eigenvalue weighted by molar-refractivity contribution is 0.262. The molecule has 0 atom stereocenters. The fourth-order valence-electron chi connectivity index (χ4n) is 3.00. The summed E-state index contributed by atoms with van der Waals surface area (Å²) in [5, 5.41) is 8.63. The normalized spacial score (nSPS) is 14.4. The van der Waals surface area contributed by atoms with Gasteiger partial charge in [-0.05, 0) is 55.2 Å². The van der Waals surface area contributed by atoms with E-state index < -0.39 is 11.8 Å². The quantitative estimate of drug-likeness (QED) is 0.718. The summed E-state index contributed by atoms with van der Waals surface area (Å²) in [5.41, 5.74) is 1.86. The van der Waals surface area contributed by atoms with Gasteiger partial charge in [-0.25, -0.2) is 9.18 Å². The van der Waals surface area contributed by atoms with Gasteiger partial charge in [-0.1, -0.05) is 25.0 Å². The van der Waals surface area contributed by atoms with Gasteiger partial charge in [-0.2, -0.15) is 0 Å². The van der Waals surface area contributed by atoms with Crippen molar-refractivity contribution in [1.82, 2.24) is 0 Å². The maximum atomic E-state index is 13.5. The number of para-hydroxylation sites is 1. The minimum Gasteiger partial charge on any atom is -0.385 e.